The molecule has 2 rings (SSSR count). The zero-order valence-electron chi connectivity index (χ0n) is 9.03. The Kier molecular flexibility index (Phi) is 3.12. The van der Waals surface area contributed by atoms with Gasteiger partial charge in [-0.25, -0.2) is 0 Å². The van der Waals surface area contributed by atoms with Crippen LogP contribution in [-0.2, 0) is 4.79 Å². The van der Waals surface area contributed by atoms with E-state index in [9.17, 15) is 4.79 Å². The fraction of sp³-hybridized carbons (Fsp3) is 0.167. The number of nitrogens with one attached hydrogen (secondary N) is 1. The predicted molar refractivity (Wildman–Crippen MR) is 72.2 cm³/mol. The first-order valence-corrected chi connectivity index (χ1v) is 6.11. The summed E-state index contributed by atoms with van der Waals surface area (Å²) in [6.45, 7) is 4.13. The molecular formula is C12H11NOS2. The molecule has 0 aromatic heterocycles. The first-order valence-electron chi connectivity index (χ1n) is 4.88. The van der Waals surface area contributed by atoms with Crippen molar-refractivity contribution in [3.05, 3.63) is 39.8 Å². The lowest BCUT2D eigenvalue weighted by Crippen LogP contribution is -2.17. The fourth-order valence-corrected chi connectivity index (χ4v) is 2.47. The summed E-state index contributed by atoms with van der Waals surface area (Å²) in [6, 6.07) is 6.12. The van der Waals surface area contributed by atoms with Gasteiger partial charge in [-0.05, 0) is 36.6 Å². The maximum absolute atomic E-state index is 11.5. The molecule has 0 radical (unpaired) electrons. The average Bonchev–Trinajstić information content (AvgIpc) is 2.51. The van der Waals surface area contributed by atoms with Crippen LogP contribution in [0.3, 0.4) is 0 Å². The molecule has 82 valence electrons. The van der Waals surface area contributed by atoms with Gasteiger partial charge < -0.3 is 5.32 Å². The number of aryl methyl sites for hydroxylation is 2. The molecule has 1 saturated heterocycles. The summed E-state index contributed by atoms with van der Waals surface area (Å²) < 4.78 is 0.528. The van der Waals surface area contributed by atoms with Gasteiger partial charge in [0.25, 0.3) is 5.91 Å². The maximum atomic E-state index is 11.5. The average molecular weight is 249 g/mol. The Morgan fingerprint density at radius 3 is 2.62 bits per heavy atom. The molecule has 2 nitrogen and oxygen atoms in total. The minimum absolute atomic E-state index is 0.103. The van der Waals surface area contributed by atoms with Crippen molar-refractivity contribution in [2.75, 3.05) is 0 Å². The largest absolute Gasteiger partial charge is 0.307 e. The van der Waals surface area contributed by atoms with Gasteiger partial charge in [-0.3, -0.25) is 4.79 Å². The highest BCUT2D eigenvalue weighted by Gasteiger charge is 2.21. The van der Waals surface area contributed by atoms with Crippen LogP contribution >= 0.6 is 24.0 Å². The highest BCUT2D eigenvalue weighted by Crippen LogP contribution is 2.26. The van der Waals surface area contributed by atoms with E-state index in [1.54, 1.807) is 0 Å². The minimum Gasteiger partial charge on any atom is -0.307 e. The van der Waals surface area contributed by atoms with Crippen LogP contribution in [0.25, 0.3) is 6.08 Å². The van der Waals surface area contributed by atoms with Gasteiger partial charge in [0.2, 0.25) is 0 Å². The third-order valence-corrected chi connectivity index (χ3v) is 3.63. The van der Waals surface area contributed by atoms with Gasteiger partial charge >= 0.3 is 0 Å². The Labute approximate surface area is 104 Å². The van der Waals surface area contributed by atoms with Crippen LogP contribution in [0, 0.1) is 13.8 Å². The maximum Gasteiger partial charge on any atom is 0.263 e. The summed E-state index contributed by atoms with van der Waals surface area (Å²) in [6.07, 6.45) is 1.87. The van der Waals surface area contributed by atoms with Gasteiger partial charge in [-0.2, -0.15) is 0 Å². The molecule has 0 bridgehead atoms. The lowest BCUT2D eigenvalue weighted by molar-refractivity contribution is -0.115. The van der Waals surface area contributed by atoms with E-state index in [-0.39, 0.29) is 5.91 Å². The fourth-order valence-electron chi connectivity index (χ4n) is 1.43. The molecule has 1 heterocycles. The SMILES string of the molecule is Cc1ccc(/C=C2/SC(=S)NC2=O)cc1C. The summed E-state index contributed by atoms with van der Waals surface area (Å²) in [5.74, 6) is -0.103. The Bertz CT molecular complexity index is 506. The van der Waals surface area contributed by atoms with Crippen molar-refractivity contribution >= 4 is 40.3 Å². The number of amides is 1. The molecule has 1 aliphatic rings. The molecule has 1 aromatic rings. The molecule has 4 heteroatoms. The monoisotopic (exact) mass is 249 g/mol. The summed E-state index contributed by atoms with van der Waals surface area (Å²) in [4.78, 5) is 12.1. The first kappa shape index (κ1) is 11.4. The van der Waals surface area contributed by atoms with Gasteiger partial charge in [-0.1, -0.05) is 42.2 Å². The van der Waals surface area contributed by atoms with Crippen LogP contribution in [0.4, 0.5) is 0 Å². The molecule has 1 aromatic carbocycles. The molecule has 0 aliphatic carbocycles. The van der Waals surface area contributed by atoms with Gasteiger partial charge in [0.05, 0.1) is 4.91 Å². The third kappa shape index (κ3) is 2.33. The van der Waals surface area contributed by atoms with Crippen molar-refractivity contribution < 1.29 is 4.79 Å². The van der Waals surface area contributed by atoms with Crippen molar-refractivity contribution in [2.24, 2.45) is 0 Å². The van der Waals surface area contributed by atoms with E-state index in [2.05, 4.69) is 31.3 Å². The smallest absolute Gasteiger partial charge is 0.263 e. The molecule has 1 amide bonds. The van der Waals surface area contributed by atoms with Crippen LogP contribution in [0.2, 0.25) is 0 Å². The molecule has 0 atom stereocenters. The normalized spacial score (nSPS) is 18.0. The van der Waals surface area contributed by atoms with Gasteiger partial charge in [0.1, 0.15) is 4.32 Å². The second kappa shape index (κ2) is 4.39. The highest BCUT2D eigenvalue weighted by atomic mass is 32.2. The Morgan fingerprint density at radius 2 is 2.06 bits per heavy atom. The van der Waals surface area contributed by atoms with Crippen molar-refractivity contribution in [3.63, 3.8) is 0 Å². The molecular weight excluding hydrogens is 238 g/mol. The number of carbonyl (C=O) groups is 1. The van der Waals surface area contributed by atoms with Gasteiger partial charge in [0, 0.05) is 0 Å². The lowest BCUT2D eigenvalue weighted by atomic mass is 10.1. The first-order chi connectivity index (χ1) is 7.56. The van der Waals surface area contributed by atoms with Gasteiger partial charge in [0.15, 0.2) is 0 Å². The van der Waals surface area contributed by atoms with Crippen LogP contribution in [0.1, 0.15) is 16.7 Å². The standard InChI is InChI=1S/C12H11NOS2/c1-7-3-4-9(5-8(7)2)6-10-11(14)13-12(15)16-10/h3-6H,1-2H3,(H,13,14,15)/b10-6+. The van der Waals surface area contributed by atoms with Crippen LogP contribution in [-0.4, -0.2) is 10.2 Å². The summed E-state index contributed by atoms with van der Waals surface area (Å²) in [7, 11) is 0. The van der Waals surface area contributed by atoms with E-state index in [1.165, 1.54) is 22.9 Å². The van der Waals surface area contributed by atoms with E-state index in [1.807, 2.05) is 12.1 Å². The van der Waals surface area contributed by atoms with Crippen LogP contribution in [0.5, 0.6) is 0 Å². The van der Waals surface area contributed by atoms with Crippen molar-refractivity contribution in [1.29, 1.82) is 0 Å². The number of rotatable bonds is 1. The zero-order chi connectivity index (χ0) is 11.7. The second-order valence-electron chi connectivity index (χ2n) is 3.70. The van der Waals surface area contributed by atoms with Gasteiger partial charge in [-0.15, -0.1) is 0 Å². The molecule has 0 spiro atoms. The number of thiocarbonyl (C=S) groups is 1. The molecule has 0 saturated carbocycles. The zero-order valence-corrected chi connectivity index (χ0v) is 10.7. The lowest BCUT2D eigenvalue weighted by Gasteiger charge is -2.01. The minimum atomic E-state index is -0.103. The molecule has 1 aliphatic heterocycles. The summed E-state index contributed by atoms with van der Waals surface area (Å²) >= 11 is 6.24. The molecule has 1 fully saturated rings. The molecule has 0 unspecified atom stereocenters. The molecule has 1 N–H and O–H groups in total. The number of hydrogen-bond acceptors (Lipinski definition) is 3. The summed E-state index contributed by atoms with van der Waals surface area (Å²) in [5.41, 5.74) is 3.51. The number of benzene rings is 1. The second-order valence-corrected chi connectivity index (χ2v) is 5.41. The Balaban J connectivity index is 2.32. The highest BCUT2D eigenvalue weighted by molar-refractivity contribution is 8.26. The third-order valence-electron chi connectivity index (χ3n) is 2.47. The van der Waals surface area contributed by atoms with E-state index in [0.29, 0.717) is 9.23 Å². The van der Waals surface area contributed by atoms with Crippen molar-refractivity contribution in [2.45, 2.75) is 13.8 Å². The van der Waals surface area contributed by atoms with Crippen LogP contribution in [0.15, 0.2) is 23.1 Å². The number of carbonyl (C=O) groups excluding carboxylic acids is 1. The Morgan fingerprint density at radius 1 is 1.31 bits per heavy atom. The number of thioether (sulfide) groups is 1. The molecule has 16 heavy (non-hydrogen) atoms. The topological polar surface area (TPSA) is 29.1 Å². The predicted octanol–water partition coefficient (Wildman–Crippen LogP) is 2.79. The van der Waals surface area contributed by atoms with E-state index in [0.717, 1.165) is 5.56 Å². The van der Waals surface area contributed by atoms with Crippen LogP contribution < -0.4 is 5.32 Å². The number of hydrogen-bond donors (Lipinski definition) is 1. The quantitative estimate of drug-likeness (QED) is 0.613. The van der Waals surface area contributed by atoms with E-state index >= 15 is 0 Å². The van der Waals surface area contributed by atoms with E-state index < -0.39 is 0 Å². The summed E-state index contributed by atoms with van der Waals surface area (Å²) in [5, 5.41) is 2.60. The van der Waals surface area contributed by atoms with Crippen molar-refractivity contribution in [1.82, 2.24) is 5.32 Å². The van der Waals surface area contributed by atoms with E-state index in [4.69, 9.17) is 12.2 Å². The van der Waals surface area contributed by atoms with Crippen molar-refractivity contribution in [3.8, 4) is 0 Å². The Hall–Kier alpha value is -1.13.